The van der Waals surface area contributed by atoms with Crippen molar-refractivity contribution in [2.75, 3.05) is 0 Å². The zero-order valence-corrected chi connectivity index (χ0v) is 18.5. The summed E-state index contributed by atoms with van der Waals surface area (Å²) in [4.78, 5) is 0. The zero-order chi connectivity index (χ0) is 21.6. The minimum Gasteiger partial charge on any atom is -0.205 e. The second-order valence-electron chi connectivity index (χ2n) is 8.85. The monoisotopic (exact) mass is 410 g/mol. The summed E-state index contributed by atoms with van der Waals surface area (Å²) < 4.78 is 15.0. The van der Waals surface area contributed by atoms with Gasteiger partial charge in [0.15, 0.2) is 0 Å². The van der Waals surface area contributed by atoms with Gasteiger partial charge in [0.05, 0.1) is 5.56 Å². The molecule has 0 aliphatic heterocycles. The van der Waals surface area contributed by atoms with Crippen molar-refractivity contribution in [2.24, 2.45) is 5.92 Å². The van der Waals surface area contributed by atoms with Gasteiger partial charge >= 0.3 is 0 Å². The number of hydrogen-bond acceptors (Lipinski definition) is 0. The van der Waals surface area contributed by atoms with E-state index in [1.54, 1.807) is 6.07 Å². The van der Waals surface area contributed by atoms with Crippen LogP contribution in [0.15, 0.2) is 67.3 Å². The summed E-state index contributed by atoms with van der Waals surface area (Å²) in [7, 11) is 0. The lowest BCUT2D eigenvalue weighted by Crippen LogP contribution is -2.12. The van der Waals surface area contributed by atoms with Crippen LogP contribution in [0.4, 0.5) is 4.39 Å². The molecule has 3 aromatic carbocycles. The molecule has 0 amide bonds. The molecule has 4 rings (SSSR count). The number of rotatable bonds is 5. The molecule has 1 heteroatoms. The molecule has 158 valence electrons. The summed E-state index contributed by atoms with van der Waals surface area (Å²) >= 11 is 0. The fourth-order valence-corrected chi connectivity index (χ4v) is 4.83. The third-order valence-corrected chi connectivity index (χ3v) is 6.63. The van der Waals surface area contributed by atoms with Crippen LogP contribution in [0.5, 0.6) is 0 Å². The van der Waals surface area contributed by atoms with Crippen LogP contribution in [0.3, 0.4) is 0 Å². The van der Waals surface area contributed by atoms with Gasteiger partial charge in [-0.2, -0.15) is 0 Å². The van der Waals surface area contributed by atoms with E-state index in [1.165, 1.54) is 36.8 Å². The van der Waals surface area contributed by atoms with Gasteiger partial charge in [-0.1, -0.05) is 67.7 Å². The fraction of sp³-hybridized carbons (Fsp3) is 0.333. The van der Waals surface area contributed by atoms with E-state index in [2.05, 4.69) is 61.8 Å². The highest BCUT2D eigenvalue weighted by Gasteiger charge is 2.21. The fourth-order valence-electron chi connectivity index (χ4n) is 4.83. The first-order valence-electron chi connectivity index (χ1n) is 11.6. The van der Waals surface area contributed by atoms with Gasteiger partial charge in [0.25, 0.3) is 0 Å². The second kappa shape index (κ2) is 9.97. The Kier molecular flexibility index (Phi) is 6.88. The van der Waals surface area contributed by atoms with E-state index in [-0.39, 0.29) is 5.82 Å². The topological polar surface area (TPSA) is 0 Å². The molecule has 0 radical (unpaired) electrons. The van der Waals surface area contributed by atoms with Crippen molar-refractivity contribution in [3.63, 3.8) is 0 Å². The van der Waals surface area contributed by atoms with E-state index < -0.39 is 0 Å². The van der Waals surface area contributed by atoms with Gasteiger partial charge in [0.1, 0.15) is 5.82 Å². The van der Waals surface area contributed by atoms with Crippen LogP contribution < -0.4 is 0 Å². The molecule has 1 aliphatic rings. The zero-order valence-electron chi connectivity index (χ0n) is 18.5. The third kappa shape index (κ3) is 5.08. The number of benzene rings is 3. The van der Waals surface area contributed by atoms with Crippen molar-refractivity contribution in [2.45, 2.75) is 57.8 Å². The summed E-state index contributed by atoms with van der Waals surface area (Å²) in [5, 5.41) is 1.59. The van der Waals surface area contributed by atoms with E-state index in [0.717, 1.165) is 36.1 Å². The number of aryl methyl sites for hydroxylation is 1. The molecule has 0 N–H and O–H groups in total. The normalized spacial score (nSPS) is 18.4. The first kappa shape index (κ1) is 21.4. The minimum absolute atomic E-state index is 0.221. The van der Waals surface area contributed by atoms with Crippen LogP contribution >= 0.6 is 0 Å². The van der Waals surface area contributed by atoms with Gasteiger partial charge in [-0.3, -0.25) is 0 Å². The molecule has 31 heavy (non-hydrogen) atoms. The molecule has 0 unspecified atom stereocenters. The molecule has 1 aliphatic carbocycles. The highest BCUT2D eigenvalue weighted by atomic mass is 19.1. The van der Waals surface area contributed by atoms with Crippen molar-refractivity contribution in [1.29, 1.82) is 0 Å². The van der Waals surface area contributed by atoms with E-state index in [9.17, 15) is 4.39 Å². The van der Waals surface area contributed by atoms with Crippen molar-refractivity contribution in [1.82, 2.24) is 0 Å². The Bertz CT molecular complexity index is 1100. The van der Waals surface area contributed by atoms with Gasteiger partial charge in [-0.15, -0.1) is 6.58 Å². The quantitative estimate of drug-likeness (QED) is 0.294. The standard InChI is InChI=1S/C30H31F/c1-3-5-22-7-13-25(14-8-22)26-15-9-23(10-16-26)11-17-27-18-19-28-21-24(6-4-2)12-20-29(28)30(27)31/h3,9-10,12,15-16,18-22,25H,1,4-8,13-14H2,2H3. The Balaban J connectivity index is 1.47. The van der Waals surface area contributed by atoms with Crippen molar-refractivity contribution >= 4 is 10.8 Å². The Hall–Kier alpha value is -2.85. The van der Waals surface area contributed by atoms with Crippen molar-refractivity contribution < 1.29 is 4.39 Å². The molecule has 1 saturated carbocycles. The lowest BCUT2D eigenvalue weighted by Gasteiger charge is -2.28. The second-order valence-corrected chi connectivity index (χ2v) is 8.85. The number of hydrogen-bond donors (Lipinski definition) is 0. The van der Waals surface area contributed by atoms with Crippen LogP contribution in [0, 0.1) is 23.6 Å². The molecular formula is C30H31F. The molecule has 1 fully saturated rings. The van der Waals surface area contributed by atoms with E-state index in [4.69, 9.17) is 0 Å². The predicted octanol–water partition coefficient (Wildman–Crippen LogP) is 8.18. The average molecular weight is 411 g/mol. The Morgan fingerprint density at radius 1 is 0.968 bits per heavy atom. The maximum Gasteiger partial charge on any atom is 0.146 e. The molecule has 0 aromatic heterocycles. The Morgan fingerprint density at radius 2 is 1.74 bits per heavy atom. The summed E-state index contributed by atoms with van der Waals surface area (Å²) in [6, 6.07) is 18.3. The SMILES string of the molecule is C=CCC1CCC(c2ccc(C#Cc3ccc4cc(CCC)ccc4c3F)cc2)CC1. The van der Waals surface area contributed by atoms with Gasteiger partial charge in [-0.25, -0.2) is 4.39 Å². The average Bonchev–Trinajstić information content (AvgIpc) is 2.80. The summed E-state index contributed by atoms with van der Waals surface area (Å²) in [5.41, 5.74) is 4.05. The maximum atomic E-state index is 15.0. The molecular weight excluding hydrogens is 379 g/mol. The van der Waals surface area contributed by atoms with Crippen LogP contribution in [0.2, 0.25) is 0 Å². The van der Waals surface area contributed by atoms with E-state index in [1.807, 2.05) is 18.2 Å². The lowest BCUT2D eigenvalue weighted by atomic mass is 9.77. The minimum atomic E-state index is -0.221. The Morgan fingerprint density at radius 3 is 2.45 bits per heavy atom. The first-order chi connectivity index (χ1) is 15.2. The maximum absolute atomic E-state index is 15.0. The predicted molar refractivity (Wildman–Crippen MR) is 130 cm³/mol. The van der Waals surface area contributed by atoms with Gasteiger partial charge < -0.3 is 0 Å². The number of fused-ring (bicyclic) bond motifs is 1. The highest BCUT2D eigenvalue weighted by Crippen LogP contribution is 2.37. The summed E-state index contributed by atoms with van der Waals surface area (Å²) in [5.74, 6) is 7.44. The molecule has 0 saturated heterocycles. The molecule has 0 nitrogen and oxygen atoms in total. The van der Waals surface area contributed by atoms with Crippen LogP contribution in [-0.4, -0.2) is 0 Å². The highest BCUT2D eigenvalue weighted by molar-refractivity contribution is 5.85. The summed E-state index contributed by atoms with van der Waals surface area (Å²) in [6.45, 7) is 6.03. The molecule has 0 bridgehead atoms. The molecule has 0 spiro atoms. The smallest absolute Gasteiger partial charge is 0.146 e. The van der Waals surface area contributed by atoms with Crippen LogP contribution in [0.1, 0.15) is 73.6 Å². The van der Waals surface area contributed by atoms with Gasteiger partial charge in [0, 0.05) is 10.9 Å². The van der Waals surface area contributed by atoms with Gasteiger partial charge in [0.2, 0.25) is 0 Å². The molecule has 0 atom stereocenters. The summed E-state index contributed by atoms with van der Waals surface area (Å²) in [6.07, 6.45) is 10.4. The lowest BCUT2D eigenvalue weighted by molar-refractivity contribution is 0.328. The third-order valence-electron chi connectivity index (χ3n) is 6.63. The Labute approximate surface area is 186 Å². The molecule has 0 heterocycles. The van der Waals surface area contributed by atoms with E-state index >= 15 is 0 Å². The van der Waals surface area contributed by atoms with Crippen molar-refractivity contribution in [3.05, 3.63) is 95.3 Å². The largest absolute Gasteiger partial charge is 0.205 e. The first-order valence-corrected chi connectivity index (χ1v) is 11.6. The van der Waals surface area contributed by atoms with Crippen molar-refractivity contribution in [3.8, 4) is 11.8 Å². The number of allylic oxidation sites excluding steroid dienone is 1. The molecule has 3 aromatic rings. The van der Waals surface area contributed by atoms with E-state index in [0.29, 0.717) is 16.9 Å². The van der Waals surface area contributed by atoms with Crippen LogP contribution in [-0.2, 0) is 6.42 Å². The number of halogens is 1. The van der Waals surface area contributed by atoms with Crippen LogP contribution in [0.25, 0.3) is 10.8 Å². The van der Waals surface area contributed by atoms with Gasteiger partial charge in [-0.05, 0) is 85.1 Å².